The number of hydrogen-bond donors (Lipinski definition) is 0. The molecule has 0 unspecified atom stereocenters. The lowest BCUT2D eigenvalue weighted by atomic mass is 9.68. The molecule has 0 aromatic rings. The molecule has 0 aliphatic heterocycles. The Morgan fingerprint density at radius 2 is 1.87 bits per heavy atom. The maximum atomic E-state index is 12.7. The van der Waals surface area contributed by atoms with Crippen molar-refractivity contribution in [3.63, 3.8) is 0 Å². The third-order valence-corrected chi connectivity index (χ3v) is 2.25. The number of rotatable bonds is 2. The van der Waals surface area contributed by atoms with Crippen molar-refractivity contribution >= 4 is 11.8 Å². The summed E-state index contributed by atoms with van der Waals surface area (Å²) in [5, 5.41) is 0. The molecule has 3 nitrogen and oxygen atoms in total. The summed E-state index contributed by atoms with van der Waals surface area (Å²) >= 11 is 0. The van der Waals surface area contributed by atoms with Crippen molar-refractivity contribution in [1.29, 1.82) is 0 Å². The van der Waals surface area contributed by atoms with Gasteiger partial charge in [0.25, 0.3) is 6.43 Å². The van der Waals surface area contributed by atoms with Crippen LogP contribution in [0.4, 0.5) is 8.78 Å². The molecule has 1 rings (SSSR count). The van der Waals surface area contributed by atoms with Crippen molar-refractivity contribution in [2.75, 3.05) is 0 Å². The highest BCUT2D eigenvalue weighted by Gasteiger charge is 2.58. The number of ether oxygens (including phenoxy) is 1. The Labute approximate surface area is 86.8 Å². The van der Waals surface area contributed by atoms with Gasteiger partial charge in [0.05, 0.1) is 0 Å². The molecule has 0 amide bonds. The average molecular weight is 220 g/mol. The fourth-order valence-corrected chi connectivity index (χ4v) is 1.42. The second-order valence-corrected chi connectivity index (χ2v) is 4.85. The van der Waals surface area contributed by atoms with Crippen LogP contribution in [-0.2, 0) is 14.3 Å². The summed E-state index contributed by atoms with van der Waals surface area (Å²) < 4.78 is 30.2. The molecule has 1 aliphatic carbocycles. The largest absolute Gasteiger partial charge is 0.459 e. The van der Waals surface area contributed by atoms with Gasteiger partial charge >= 0.3 is 5.97 Å². The van der Waals surface area contributed by atoms with Gasteiger partial charge in [0.2, 0.25) is 0 Å². The van der Waals surface area contributed by atoms with Crippen molar-refractivity contribution in [2.45, 2.75) is 45.6 Å². The van der Waals surface area contributed by atoms with Crippen LogP contribution in [0.2, 0.25) is 0 Å². The molecule has 15 heavy (non-hydrogen) atoms. The van der Waals surface area contributed by atoms with Crippen LogP contribution >= 0.6 is 0 Å². The molecule has 0 aromatic carbocycles. The van der Waals surface area contributed by atoms with E-state index >= 15 is 0 Å². The minimum Gasteiger partial charge on any atom is -0.459 e. The zero-order chi connectivity index (χ0) is 11.9. The van der Waals surface area contributed by atoms with E-state index in [1.54, 1.807) is 20.8 Å². The van der Waals surface area contributed by atoms with Crippen LogP contribution in [-0.4, -0.2) is 23.8 Å². The standard InChI is InChI=1S/C10H14F2O3/c1-9(2,3)15-8(14)10(7(11)12)4-6(13)5-10/h7H,4-5H2,1-3H3. The van der Waals surface area contributed by atoms with E-state index in [2.05, 4.69) is 0 Å². The first-order valence-corrected chi connectivity index (χ1v) is 4.71. The van der Waals surface area contributed by atoms with Crippen LogP contribution in [0.5, 0.6) is 0 Å². The van der Waals surface area contributed by atoms with Crippen LogP contribution in [0.25, 0.3) is 0 Å². The summed E-state index contributed by atoms with van der Waals surface area (Å²) in [5.74, 6) is -1.29. The zero-order valence-electron chi connectivity index (χ0n) is 8.97. The van der Waals surface area contributed by atoms with E-state index in [0.717, 1.165) is 0 Å². The minimum absolute atomic E-state index is 0.318. The van der Waals surface area contributed by atoms with E-state index in [-0.39, 0.29) is 5.78 Å². The lowest BCUT2D eigenvalue weighted by molar-refractivity contribution is -0.189. The van der Waals surface area contributed by atoms with Crippen molar-refractivity contribution in [2.24, 2.45) is 5.41 Å². The first-order valence-electron chi connectivity index (χ1n) is 4.71. The van der Waals surface area contributed by atoms with Crippen LogP contribution < -0.4 is 0 Å². The molecule has 0 spiro atoms. The monoisotopic (exact) mass is 220 g/mol. The molecule has 1 aliphatic rings. The summed E-state index contributed by atoms with van der Waals surface area (Å²) in [6.07, 6.45) is -3.65. The Hall–Kier alpha value is -1.00. The molecule has 0 atom stereocenters. The topological polar surface area (TPSA) is 43.4 Å². The highest BCUT2D eigenvalue weighted by molar-refractivity contribution is 5.98. The van der Waals surface area contributed by atoms with Crippen LogP contribution in [0, 0.1) is 5.41 Å². The van der Waals surface area contributed by atoms with Crippen molar-refractivity contribution < 1.29 is 23.1 Å². The van der Waals surface area contributed by atoms with Gasteiger partial charge in [-0.25, -0.2) is 8.78 Å². The number of Topliss-reactive ketones (excluding diaryl/α,β-unsaturated/α-hetero) is 1. The Balaban J connectivity index is 2.75. The zero-order valence-corrected chi connectivity index (χ0v) is 8.97. The maximum absolute atomic E-state index is 12.7. The van der Waals surface area contributed by atoms with Gasteiger partial charge in [0.1, 0.15) is 16.8 Å². The number of carbonyl (C=O) groups excluding carboxylic acids is 2. The van der Waals surface area contributed by atoms with Crippen molar-refractivity contribution in [3.05, 3.63) is 0 Å². The van der Waals surface area contributed by atoms with Crippen LogP contribution in [0.15, 0.2) is 0 Å². The second-order valence-electron chi connectivity index (χ2n) is 4.85. The van der Waals surface area contributed by atoms with Crippen LogP contribution in [0.1, 0.15) is 33.6 Å². The van der Waals surface area contributed by atoms with Crippen LogP contribution in [0.3, 0.4) is 0 Å². The first-order chi connectivity index (χ1) is 6.67. The van der Waals surface area contributed by atoms with Gasteiger partial charge in [0.15, 0.2) is 0 Å². The number of esters is 1. The van der Waals surface area contributed by atoms with Gasteiger partial charge < -0.3 is 4.74 Å². The van der Waals surface area contributed by atoms with Crippen molar-refractivity contribution in [1.82, 2.24) is 0 Å². The number of alkyl halides is 2. The van der Waals surface area contributed by atoms with E-state index in [9.17, 15) is 18.4 Å². The lowest BCUT2D eigenvalue weighted by Crippen LogP contribution is -2.52. The number of halogens is 2. The summed E-state index contributed by atoms with van der Waals surface area (Å²) in [5.41, 5.74) is -2.69. The predicted molar refractivity (Wildman–Crippen MR) is 48.5 cm³/mol. The average Bonchev–Trinajstić information content (AvgIpc) is 1.93. The normalized spacial score (nSPS) is 20.0. The lowest BCUT2D eigenvalue weighted by Gasteiger charge is -2.38. The molecule has 86 valence electrons. The fourth-order valence-electron chi connectivity index (χ4n) is 1.42. The smallest absolute Gasteiger partial charge is 0.319 e. The van der Waals surface area contributed by atoms with Crippen molar-refractivity contribution in [3.8, 4) is 0 Å². The molecule has 0 bridgehead atoms. The Morgan fingerprint density at radius 1 is 1.40 bits per heavy atom. The van der Waals surface area contributed by atoms with Gasteiger partial charge in [-0.15, -0.1) is 0 Å². The third-order valence-electron chi connectivity index (χ3n) is 2.25. The molecule has 0 radical (unpaired) electrons. The number of carbonyl (C=O) groups is 2. The molecule has 1 saturated carbocycles. The van der Waals surface area contributed by atoms with E-state index in [1.807, 2.05) is 0 Å². The molecular weight excluding hydrogens is 206 g/mol. The maximum Gasteiger partial charge on any atom is 0.319 e. The van der Waals surface area contributed by atoms with E-state index in [1.165, 1.54) is 0 Å². The van der Waals surface area contributed by atoms with Gasteiger partial charge in [-0.2, -0.15) is 0 Å². The number of ketones is 1. The molecule has 5 heteroatoms. The fraction of sp³-hybridized carbons (Fsp3) is 0.800. The minimum atomic E-state index is -2.84. The summed E-state index contributed by atoms with van der Waals surface area (Å²) in [6.45, 7) is 4.81. The second kappa shape index (κ2) is 3.54. The van der Waals surface area contributed by atoms with E-state index < -0.39 is 36.3 Å². The Kier molecular flexibility index (Phi) is 2.85. The Morgan fingerprint density at radius 3 is 2.13 bits per heavy atom. The molecule has 0 saturated heterocycles. The molecular formula is C10H14F2O3. The highest BCUT2D eigenvalue weighted by Crippen LogP contribution is 2.45. The summed E-state index contributed by atoms with van der Waals surface area (Å²) in [6, 6.07) is 0. The van der Waals surface area contributed by atoms with Gasteiger partial charge in [-0.05, 0) is 20.8 Å². The number of hydrogen-bond acceptors (Lipinski definition) is 3. The quantitative estimate of drug-likeness (QED) is 0.668. The van der Waals surface area contributed by atoms with Gasteiger partial charge in [-0.3, -0.25) is 9.59 Å². The van der Waals surface area contributed by atoms with Gasteiger partial charge in [0, 0.05) is 12.8 Å². The van der Waals surface area contributed by atoms with E-state index in [4.69, 9.17) is 4.74 Å². The molecule has 0 aromatic heterocycles. The summed E-state index contributed by atoms with van der Waals surface area (Å²) in [4.78, 5) is 22.2. The highest BCUT2D eigenvalue weighted by atomic mass is 19.3. The molecule has 1 fully saturated rings. The third kappa shape index (κ3) is 2.33. The Bertz CT molecular complexity index is 284. The SMILES string of the molecule is CC(C)(C)OC(=O)C1(C(F)F)CC(=O)C1. The molecule has 0 N–H and O–H groups in total. The predicted octanol–water partition coefficient (Wildman–Crippen LogP) is 1.94. The first kappa shape index (κ1) is 12.1. The van der Waals surface area contributed by atoms with E-state index in [0.29, 0.717) is 0 Å². The molecule has 0 heterocycles. The summed E-state index contributed by atoms with van der Waals surface area (Å²) in [7, 11) is 0. The van der Waals surface area contributed by atoms with Gasteiger partial charge in [-0.1, -0.05) is 0 Å².